The van der Waals surface area contributed by atoms with E-state index >= 15 is 4.39 Å². The summed E-state index contributed by atoms with van der Waals surface area (Å²) in [7, 11) is 1.46. The van der Waals surface area contributed by atoms with Gasteiger partial charge in [0, 0.05) is 74.2 Å². The summed E-state index contributed by atoms with van der Waals surface area (Å²) in [5.74, 6) is -0.400. The summed E-state index contributed by atoms with van der Waals surface area (Å²) in [5.41, 5.74) is 3.47. The van der Waals surface area contributed by atoms with Gasteiger partial charge in [-0.05, 0) is 68.5 Å². The van der Waals surface area contributed by atoms with Crippen molar-refractivity contribution in [3.8, 4) is 16.9 Å². The third kappa shape index (κ3) is 6.56. The molecule has 0 saturated carbocycles. The van der Waals surface area contributed by atoms with Crippen LogP contribution in [0.2, 0.25) is 0 Å². The van der Waals surface area contributed by atoms with E-state index in [-0.39, 0.29) is 23.7 Å². The maximum absolute atomic E-state index is 16.6. The topological polar surface area (TPSA) is 104 Å². The van der Waals surface area contributed by atoms with Gasteiger partial charge in [-0.25, -0.2) is 18.6 Å². The number of benzene rings is 1. The van der Waals surface area contributed by atoms with Gasteiger partial charge in [0.15, 0.2) is 17.4 Å². The minimum atomic E-state index is -0.656. The molecule has 3 aromatic heterocycles. The molecule has 1 fully saturated rings. The highest BCUT2D eigenvalue weighted by Gasteiger charge is 2.30. The number of methoxy groups -OCH3 is 1. The third-order valence-corrected chi connectivity index (χ3v) is 8.70. The summed E-state index contributed by atoms with van der Waals surface area (Å²) in [6, 6.07) is 6.75. The molecule has 5 heterocycles. The lowest BCUT2D eigenvalue weighted by Crippen LogP contribution is -2.49. The Morgan fingerprint density at radius 1 is 0.979 bits per heavy atom. The maximum atomic E-state index is 16.6. The van der Waals surface area contributed by atoms with Gasteiger partial charge < -0.3 is 29.2 Å². The molecule has 1 aromatic carbocycles. The Kier molecular flexibility index (Phi) is 9.09. The third-order valence-electron chi connectivity index (χ3n) is 8.70. The first-order chi connectivity index (χ1) is 23.0. The lowest BCUT2D eigenvalue weighted by molar-refractivity contribution is 0.0272. The number of nitrogens with zero attached hydrogens (tertiary/aromatic N) is 5. The molecule has 2 aliphatic rings. The predicted octanol–water partition coefficient (Wildman–Crippen LogP) is 6.46. The van der Waals surface area contributed by atoms with E-state index in [4.69, 9.17) is 9.47 Å². The fraction of sp³-hybridized carbons (Fsp3) is 0.389. The number of rotatable bonds is 6. The average molecular weight is 659 g/mol. The van der Waals surface area contributed by atoms with Crippen LogP contribution < -0.4 is 9.64 Å². The molecule has 0 unspecified atom stereocenters. The molecule has 10 nitrogen and oxygen atoms in total. The molecule has 6 rings (SSSR count). The van der Waals surface area contributed by atoms with Crippen molar-refractivity contribution in [3.05, 3.63) is 77.4 Å². The van der Waals surface area contributed by atoms with Crippen molar-refractivity contribution in [2.24, 2.45) is 0 Å². The van der Waals surface area contributed by atoms with E-state index in [1.54, 1.807) is 28.3 Å². The number of piperazine rings is 1. The number of aryl methyl sites for hydroxylation is 1. The molecule has 12 heteroatoms. The standard InChI is InChI=1S/C36H40F2N6O4/c1-6-22-9-10-39-20-28(22)26-17-25(23-8-7-11-44(21-23)35(46)48-36(2,3)4)31(38)32-27(26)18-29(41-32)34(45)43-14-12-42(13-15-43)33-30(47-5)16-24(37)19-40-33/h8-10,16-20,41H,6-7,11-15,21H2,1-5H3. The van der Waals surface area contributed by atoms with Gasteiger partial charge in [-0.3, -0.25) is 9.78 Å². The summed E-state index contributed by atoms with van der Waals surface area (Å²) in [5, 5.41) is 0.571. The molecule has 0 atom stereocenters. The highest BCUT2D eigenvalue weighted by molar-refractivity contribution is 6.05. The number of pyridine rings is 2. The number of aromatic amines is 1. The fourth-order valence-electron chi connectivity index (χ4n) is 6.32. The van der Waals surface area contributed by atoms with Crippen LogP contribution in [0.5, 0.6) is 5.75 Å². The Morgan fingerprint density at radius 3 is 2.46 bits per heavy atom. The van der Waals surface area contributed by atoms with E-state index in [0.29, 0.717) is 67.2 Å². The first-order valence-electron chi connectivity index (χ1n) is 16.2. The largest absolute Gasteiger partial charge is 0.493 e. The van der Waals surface area contributed by atoms with Gasteiger partial charge in [0.05, 0.1) is 18.8 Å². The molecular formula is C36H40F2N6O4. The molecule has 0 radical (unpaired) electrons. The van der Waals surface area contributed by atoms with E-state index in [0.717, 1.165) is 29.3 Å². The van der Waals surface area contributed by atoms with Crippen molar-refractivity contribution in [2.75, 3.05) is 51.3 Å². The van der Waals surface area contributed by atoms with Crippen molar-refractivity contribution >= 4 is 34.3 Å². The van der Waals surface area contributed by atoms with Crippen LogP contribution in [0.3, 0.4) is 0 Å². The lowest BCUT2D eigenvalue weighted by Gasteiger charge is -2.35. The van der Waals surface area contributed by atoms with Crippen LogP contribution in [0, 0.1) is 11.6 Å². The highest BCUT2D eigenvalue weighted by Crippen LogP contribution is 2.38. The van der Waals surface area contributed by atoms with Crippen LogP contribution in [0.1, 0.15) is 55.7 Å². The zero-order valence-corrected chi connectivity index (χ0v) is 27.9. The van der Waals surface area contributed by atoms with Gasteiger partial charge in [0.1, 0.15) is 17.1 Å². The number of hydrogen-bond acceptors (Lipinski definition) is 7. The number of carbonyl (C=O) groups excluding carboxylic acids is 2. The Morgan fingerprint density at radius 2 is 1.75 bits per heavy atom. The monoisotopic (exact) mass is 658 g/mol. The summed E-state index contributed by atoms with van der Waals surface area (Å²) in [6.07, 6.45) is 7.43. The van der Waals surface area contributed by atoms with Gasteiger partial charge >= 0.3 is 6.09 Å². The minimum absolute atomic E-state index is 0.189. The number of carbonyl (C=O) groups is 2. The zero-order chi connectivity index (χ0) is 34.2. The number of aromatic nitrogens is 3. The number of hydrogen-bond donors (Lipinski definition) is 1. The summed E-state index contributed by atoms with van der Waals surface area (Å²) >= 11 is 0. The molecule has 252 valence electrons. The van der Waals surface area contributed by atoms with Crippen LogP contribution >= 0.6 is 0 Å². The first kappa shape index (κ1) is 32.9. The number of anilines is 1. The van der Waals surface area contributed by atoms with E-state index in [2.05, 4.69) is 15.0 Å². The number of amides is 2. The van der Waals surface area contributed by atoms with Gasteiger partial charge in [-0.2, -0.15) is 0 Å². The first-order valence-corrected chi connectivity index (χ1v) is 16.2. The molecular weight excluding hydrogens is 618 g/mol. The molecule has 4 aromatic rings. The maximum Gasteiger partial charge on any atom is 0.410 e. The number of nitrogens with one attached hydrogen (secondary N) is 1. The summed E-state index contributed by atoms with van der Waals surface area (Å²) < 4.78 is 41.2. The number of halogens is 2. The van der Waals surface area contributed by atoms with Gasteiger partial charge in [-0.15, -0.1) is 0 Å². The van der Waals surface area contributed by atoms with Gasteiger partial charge in [0.25, 0.3) is 5.91 Å². The SMILES string of the molecule is CCc1ccncc1-c1cc(C2=CCCN(C(=O)OC(C)(C)C)C2)c(F)c2[nH]c(C(=O)N3CCN(c4ncc(F)cc4OC)CC3)cc12. The molecule has 0 aliphatic carbocycles. The van der Waals surface area contributed by atoms with E-state index in [9.17, 15) is 14.0 Å². The zero-order valence-electron chi connectivity index (χ0n) is 27.9. The summed E-state index contributed by atoms with van der Waals surface area (Å²) in [4.78, 5) is 43.7. The Bertz CT molecular complexity index is 1890. The number of fused-ring (bicyclic) bond motifs is 1. The highest BCUT2D eigenvalue weighted by atomic mass is 19.1. The van der Waals surface area contributed by atoms with Crippen LogP contribution in [-0.4, -0.2) is 88.7 Å². The van der Waals surface area contributed by atoms with Crippen molar-refractivity contribution in [1.29, 1.82) is 0 Å². The second-order valence-corrected chi connectivity index (χ2v) is 13.0. The van der Waals surface area contributed by atoms with E-state index < -0.39 is 23.3 Å². The van der Waals surface area contributed by atoms with Gasteiger partial charge in [0.2, 0.25) is 0 Å². The average Bonchev–Trinajstić information content (AvgIpc) is 3.54. The Hall–Kier alpha value is -5.00. The molecule has 2 aliphatic heterocycles. The van der Waals surface area contributed by atoms with Gasteiger partial charge in [-0.1, -0.05) is 13.0 Å². The lowest BCUT2D eigenvalue weighted by atomic mass is 9.91. The molecule has 48 heavy (non-hydrogen) atoms. The normalized spacial score (nSPS) is 15.5. The fourth-order valence-corrected chi connectivity index (χ4v) is 6.32. The second kappa shape index (κ2) is 13.2. The Labute approximate surface area is 278 Å². The van der Waals surface area contributed by atoms with Crippen LogP contribution in [0.4, 0.5) is 19.4 Å². The molecule has 0 bridgehead atoms. The van der Waals surface area contributed by atoms with Crippen molar-refractivity contribution in [3.63, 3.8) is 0 Å². The van der Waals surface area contributed by atoms with Crippen LogP contribution in [-0.2, 0) is 11.2 Å². The van der Waals surface area contributed by atoms with Crippen molar-refractivity contribution < 1.29 is 27.8 Å². The number of ether oxygens (including phenoxy) is 2. The molecule has 0 spiro atoms. The Balaban J connectivity index is 1.34. The smallest absolute Gasteiger partial charge is 0.410 e. The molecule has 2 amide bonds. The van der Waals surface area contributed by atoms with Crippen LogP contribution in [0.15, 0.2) is 48.9 Å². The number of H-pyrrole nitrogens is 1. The van der Waals surface area contributed by atoms with E-state index in [1.165, 1.54) is 13.2 Å². The quantitative estimate of drug-likeness (QED) is 0.254. The van der Waals surface area contributed by atoms with Crippen molar-refractivity contribution in [2.45, 2.75) is 46.1 Å². The predicted molar refractivity (Wildman–Crippen MR) is 180 cm³/mol. The van der Waals surface area contributed by atoms with Crippen molar-refractivity contribution in [1.82, 2.24) is 24.8 Å². The molecule has 1 saturated heterocycles. The van der Waals surface area contributed by atoms with E-state index in [1.807, 2.05) is 50.8 Å². The molecule has 1 N–H and O–H groups in total. The second-order valence-electron chi connectivity index (χ2n) is 13.0. The summed E-state index contributed by atoms with van der Waals surface area (Å²) in [6.45, 7) is 9.83. The minimum Gasteiger partial charge on any atom is -0.493 e. The van der Waals surface area contributed by atoms with Crippen LogP contribution in [0.25, 0.3) is 27.6 Å².